The quantitative estimate of drug-likeness (QED) is 0.557. The van der Waals surface area contributed by atoms with E-state index in [-0.39, 0.29) is 67.4 Å². The lowest BCUT2D eigenvalue weighted by Gasteiger charge is -2.17. The largest absolute Gasteiger partial charge is 0.465 e. The van der Waals surface area contributed by atoms with Crippen LogP contribution >= 0.6 is 0 Å². The van der Waals surface area contributed by atoms with E-state index in [1.54, 1.807) is 25.3 Å². The molecule has 0 saturated heterocycles. The monoisotopic (exact) mass is 421 g/mol. The van der Waals surface area contributed by atoms with Crippen molar-refractivity contribution in [2.24, 2.45) is 5.92 Å². The number of hydrogen-bond acceptors (Lipinski definition) is 9. The zero-order valence-corrected chi connectivity index (χ0v) is 17.4. The zero-order valence-electron chi connectivity index (χ0n) is 17.4. The molecule has 0 fully saturated rings. The normalized spacial score (nSPS) is 11.1. The molecular weight excluding hydrogens is 394 g/mol. The Morgan fingerprint density at radius 2 is 1.67 bits per heavy atom. The predicted molar refractivity (Wildman–Crippen MR) is 108 cm³/mol. The van der Waals surface area contributed by atoms with Gasteiger partial charge in [0.1, 0.15) is 0 Å². The maximum absolute atomic E-state index is 12.6. The van der Waals surface area contributed by atoms with Crippen molar-refractivity contribution in [3.63, 3.8) is 0 Å². The topological polar surface area (TPSA) is 148 Å². The smallest absolute Gasteiger partial charge is 0.305 e. The molecule has 0 bridgehead atoms. The van der Waals surface area contributed by atoms with Crippen LogP contribution < -0.4 is 11.3 Å². The number of nitrogen functional groups attached to an aromatic ring is 1. The maximum atomic E-state index is 12.6. The summed E-state index contributed by atoms with van der Waals surface area (Å²) in [5.74, 6) is -1.59. The summed E-state index contributed by atoms with van der Waals surface area (Å²) >= 11 is 0. The van der Waals surface area contributed by atoms with Gasteiger partial charge in [0.05, 0.1) is 19.5 Å². The molecule has 0 spiro atoms. The molecule has 164 valence electrons. The molecule has 0 aliphatic carbocycles. The molecule has 0 aliphatic heterocycles. The van der Waals surface area contributed by atoms with E-state index >= 15 is 0 Å². The van der Waals surface area contributed by atoms with Gasteiger partial charge in [0.25, 0.3) is 5.56 Å². The van der Waals surface area contributed by atoms with E-state index in [0.717, 1.165) is 4.57 Å². The number of carbonyl (C=O) groups excluding carboxylic acids is 3. The number of aryl methyl sites for hydroxylation is 1. The minimum Gasteiger partial charge on any atom is -0.465 e. The lowest BCUT2D eigenvalue weighted by atomic mass is 10.1. The molecule has 0 atom stereocenters. The Hall–Kier alpha value is -3.24. The molecule has 11 heteroatoms. The van der Waals surface area contributed by atoms with Crippen molar-refractivity contribution < 1.29 is 23.9 Å². The van der Waals surface area contributed by atoms with Gasteiger partial charge in [0, 0.05) is 31.7 Å². The van der Waals surface area contributed by atoms with Gasteiger partial charge in [-0.3, -0.25) is 19.2 Å². The Balaban J connectivity index is 2.19. The van der Waals surface area contributed by atoms with Gasteiger partial charge < -0.3 is 19.8 Å². The molecular formula is C19H27N5O6. The van der Waals surface area contributed by atoms with Crippen molar-refractivity contribution in [1.82, 2.24) is 19.1 Å². The highest BCUT2D eigenvalue weighted by Crippen LogP contribution is 2.14. The lowest BCUT2D eigenvalue weighted by Crippen LogP contribution is -2.30. The van der Waals surface area contributed by atoms with Crippen LogP contribution in [-0.4, -0.2) is 50.2 Å². The first-order valence-corrected chi connectivity index (χ1v) is 9.90. The summed E-state index contributed by atoms with van der Waals surface area (Å²) < 4.78 is 12.8. The first-order chi connectivity index (χ1) is 14.3. The third kappa shape index (κ3) is 5.43. The van der Waals surface area contributed by atoms with Crippen LogP contribution in [0.1, 0.15) is 51.2 Å². The summed E-state index contributed by atoms with van der Waals surface area (Å²) in [6, 6.07) is 0. The fourth-order valence-corrected chi connectivity index (χ4v) is 2.74. The van der Waals surface area contributed by atoms with Crippen molar-refractivity contribution in [2.75, 3.05) is 18.9 Å². The van der Waals surface area contributed by atoms with Gasteiger partial charge in [0.15, 0.2) is 11.2 Å². The van der Waals surface area contributed by atoms with Gasteiger partial charge in [-0.1, -0.05) is 20.8 Å². The van der Waals surface area contributed by atoms with Crippen LogP contribution in [0.15, 0.2) is 11.1 Å². The maximum Gasteiger partial charge on any atom is 0.305 e. The predicted octanol–water partition coefficient (Wildman–Crippen LogP) is 1.14. The second kappa shape index (κ2) is 10.5. The SMILES string of the molecule is CCC(=O)OCC(CCn1cnc2c(=O)n(C(=O)CC)c(N)nc21)COC(=O)CC. The van der Waals surface area contributed by atoms with Gasteiger partial charge in [0.2, 0.25) is 11.9 Å². The summed E-state index contributed by atoms with van der Waals surface area (Å²) in [7, 11) is 0. The molecule has 0 unspecified atom stereocenters. The molecule has 0 radical (unpaired) electrons. The van der Waals surface area contributed by atoms with E-state index in [9.17, 15) is 19.2 Å². The standard InChI is InChI=1S/C19H27N5O6/c1-4-13(25)24-18(28)16-17(22-19(24)20)23(11-21-16)8-7-12(9-29-14(26)5-2)10-30-15(27)6-3/h11-12H,4-10H2,1-3H3,(H2,20,22). The first-order valence-electron chi connectivity index (χ1n) is 9.90. The van der Waals surface area contributed by atoms with Crippen LogP contribution in [0.2, 0.25) is 0 Å². The van der Waals surface area contributed by atoms with Crippen LogP contribution in [0.5, 0.6) is 0 Å². The Morgan fingerprint density at radius 3 is 2.20 bits per heavy atom. The van der Waals surface area contributed by atoms with Gasteiger partial charge >= 0.3 is 11.9 Å². The van der Waals surface area contributed by atoms with Crippen molar-refractivity contribution in [1.29, 1.82) is 0 Å². The van der Waals surface area contributed by atoms with Crippen LogP contribution in [0.25, 0.3) is 11.2 Å². The number of ether oxygens (including phenoxy) is 2. The molecule has 11 nitrogen and oxygen atoms in total. The van der Waals surface area contributed by atoms with Crippen LogP contribution in [-0.2, 0) is 25.6 Å². The third-order valence-electron chi connectivity index (χ3n) is 4.53. The minimum absolute atomic E-state index is 0.0392. The van der Waals surface area contributed by atoms with Crippen molar-refractivity contribution in [3.05, 3.63) is 16.7 Å². The number of anilines is 1. The van der Waals surface area contributed by atoms with Crippen molar-refractivity contribution in [2.45, 2.75) is 53.0 Å². The molecule has 0 saturated carbocycles. The molecule has 30 heavy (non-hydrogen) atoms. The summed E-state index contributed by atoms with van der Waals surface area (Å²) in [5, 5.41) is 0. The number of nitrogens with zero attached hydrogens (tertiary/aromatic N) is 4. The highest BCUT2D eigenvalue weighted by Gasteiger charge is 2.19. The average molecular weight is 421 g/mol. The Bertz CT molecular complexity index is 960. The zero-order chi connectivity index (χ0) is 22.3. The average Bonchev–Trinajstić information content (AvgIpc) is 3.15. The van der Waals surface area contributed by atoms with Crippen LogP contribution in [0.4, 0.5) is 5.95 Å². The number of esters is 2. The van der Waals surface area contributed by atoms with Gasteiger partial charge in [-0.15, -0.1) is 0 Å². The number of fused-ring (bicyclic) bond motifs is 1. The van der Waals surface area contributed by atoms with E-state index in [2.05, 4.69) is 9.97 Å². The Kier molecular flexibility index (Phi) is 8.07. The van der Waals surface area contributed by atoms with E-state index < -0.39 is 11.5 Å². The molecule has 0 aliphatic rings. The number of hydrogen-bond donors (Lipinski definition) is 1. The van der Waals surface area contributed by atoms with Gasteiger partial charge in [-0.2, -0.15) is 4.98 Å². The van der Waals surface area contributed by atoms with E-state index in [1.165, 1.54) is 6.33 Å². The second-order valence-corrected chi connectivity index (χ2v) is 6.70. The Labute approximate surface area is 173 Å². The van der Waals surface area contributed by atoms with E-state index in [0.29, 0.717) is 13.0 Å². The van der Waals surface area contributed by atoms with Gasteiger partial charge in [-0.05, 0) is 6.42 Å². The van der Waals surface area contributed by atoms with Crippen LogP contribution in [0, 0.1) is 5.92 Å². The lowest BCUT2D eigenvalue weighted by molar-refractivity contribution is -0.148. The molecule has 0 amide bonds. The second-order valence-electron chi connectivity index (χ2n) is 6.70. The van der Waals surface area contributed by atoms with Crippen molar-refractivity contribution >= 4 is 35.0 Å². The number of rotatable bonds is 10. The summed E-state index contributed by atoms with van der Waals surface area (Å²) in [6.45, 7) is 5.57. The molecule has 2 N–H and O–H groups in total. The highest BCUT2D eigenvalue weighted by atomic mass is 16.5. The van der Waals surface area contributed by atoms with Crippen molar-refractivity contribution in [3.8, 4) is 0 Å². The number of imidazole rings is 1. The molecule has 0 aromatic carbocycles. The number of nitrogens with two attached hydrogens (primary N) is 1. The fraction of sp³-hybridized carbons (Fsp3) is 0.579. The Morgan fingerprint density at radius 1 is 1.07 bits per heavy atom. The number of aromatic nitrogens is 4. The summed E-state index contributed by atoms with van der Waals surface area (Å²) in [6.07, 6.45) is 2.51. The fourth-order valence-electron chi connectivity index (χ4n) is 2.74. The molecule has 2 aromatic rings. The number of carbonyl (C=O) groups is 3. The highest BCUT2D eigenvalue weighted by molar-refractivity contribution is 5.84. The first kappa shape index (κ1) is 23.0. The summed E-state index contributed by atoms with van der Waals surface area (Å²) in [5.41, 5.74) is 5.49. The minimum atomic E-state index is -0.617. The molecule has 2 rings (SSSR count). The van der Waals surface area contributed by atoms with E-state index in [4.69, 9.17) is 15.2 Å². The van der Waals surface area contributed by atoms with E-state index in [1.807, 2.05) is 0 Å². The third-order valence-corrected chi connectivity index (χ3v) is 4.53. The summed E-state index contributed by atoms with van der Waals surface area (Å²) in [4.78, 5) is 55.7. The molecule has 2 heterocycles. The van der Waals surface area contributed by atoms with Gasteiger partial charge in [-0.25, -0.2) is 9.55 Å². The van der Waals surface area contributed by atoms with Crippen LogP contribution in [0.3, 0.4) is 0 Å². The molecule has 2 aromatic heterocycles.